The van der Waals surface area contributed by atoms with Crippen LogP contribution in [0.2, 0.25) is 0 Å². The van der Waals surface area contributed by atoms with Crippen LogP contribution in [0.25, 0.3) is 0 Å². The summed E-state index contributed by atoms with van der Waals surface area (Å²) in [6.45, 7) is 1.80. The second kappa shape index (κ2) is 7.54. The molecule has 2 aromatic rings. The number of halogens is 4. The lowest BCUT2D eigenvalue weighted by molar-refractivity contribution is -0.143. The molecule has 1 spiro atoms. The van der Waals surface area contributed by atoms with Gasteiger partial charge in [0, 0.05) is 37.1 Å². The van der Waals surface area contributed by atoms with Crippen molar-refractivity contribution in [2.45, 2.75) is 50.6 Å². The van der Waals surface area contributed by atoms with Gasteiger partial charge in [-0.15, -0.1) is 0 Å². The maximum Gasteiger partial charge on any atom is 0.408 e. The number of amides is 1. The summed E-state index contributed by atoms with van der Waals surface area (Å²) in [5, 5.41) is 3.80. The smallest absolute Gasteiger partial charge is 0.299 e. The van der Waals surface area contributed by atoms with Crippen LogP contribution in [0.4, 0.5) is 23.2 Å². The van der Waals surface area contributed by atoms with E-state index in [4.69, 9.17) is 0 Å². The molecule has 30 heavy (non-hydrogen) atoms. The Kier molecular flexibility index (Phi) is 5.17. The standard InChI is InChI=1S/C21H22F4N4O/c1-15-12-20(7-5-19(30)29(20)17-4-2-3-16(22)11-17)8-10-27(15)13-18-6-9-26-28(18)14-21(23,24)25/h2-7,9,11,15H,8,10,12-14H2,1H3/t15-,20+/m1/s1. The fourth-order valence-corrected chi connectivity index (χ4v) is 4.50. The number of piperidine rings is 1. The van der Waals surface area contributed by atoms with Crippen molar-refractivity contribution in [1.29, 1.82) is 0 Å². The molecule has 160 valence electrons. The van der Waals surface area contributed by atoms with Gasteiger partial charge in [0.15, 0.2) is 0 Å². The molecule has 0 N–H and O–H groups in total. The number of alkyl halides is 3. The highest BCUT2D eigenvalue weighted by atomic mass is 19.4. The lowest BCUT2D eigenvalue weighted by Crippen LogP contribution is -2.56. The highest BCUT2D eigenvalue weighted by molar-refractivity contribution is 6.06. The number of rotatable bonds is 4. The van der Waals surface area contributed by atoms with E-state index in [9.17, 15) is 22.4 Å². The summed E-state index contributed by atoms with van der Waals surface area (Å²) in [6, 6.07) is 7.56. The minimum Gasteiger partial charge on any atom is -0.299 e. The third-order valence-electron chi connectivity index (χ3n) is 5.87. The second-order valence-corrected chi connectivity index (χ2v) is 7.96. The van der Waals surface area contributed by atoms with Crippen molar-refractivity contribution in [1.82, 2.24) is 14.7 Å². The molecule has 0 saturated carbocycles. The Bertz CT molecular complexity index is 970. The average molecular weight is 422 g/mol. The molecule has 1 aromatic heterocycles. The zero-order valence-electron chi connectivity index (χ0n) is 16.4. The molecule has 2 aliphatic rings. The first-order valence-corrected chi connectivity index (χ1v) is 9.77. The number of hydrogen-bond acceptors (Lipinski definition) is 3. The van der Waals surface area contributed by atoms with E-state index in [0.29, 0.717) is 37.3 Å². The van der Waals surface area contributed by atoms with Gasteiger partial charge in [-0.3, -0.25) is 19.3 Å². The molecule has 9 heteroatoms. The average Bonchev–Trinajstić information content (AvgIpc) is 3.20. The van der Waals surface area contributed by atoms with Crippen LogP contribution in [0, 0.1) is 5.82 Å². The monoisotopic (exact) mass is 422 g/mol. The minimum atomic E-state index is -4.33. The summed E-state index contributed by atoms with van der Waals surface area (Å²) in [6.07, 6.45) is 1.64. The van der Waals surface area contributed by atoms with Crippen LogP contribution in [0.3, 0.4) is 0 Å². The molecule has 0 unspecified atom stereocenters. The SMILES string of the molecule is C[C@@H]1C[C@]2(C=CC(=O)N2c2cccc(F)c2)CCN1Cc1ccnn1CC(F)(F)F. The summed E-state index contributed by atoms with van der Waals surface area (Å²) in [7, 11) is 0. The predicted octanol–water partition coefficient (Wildman–Crippen LogP) is 3.91. The van der Waals surface area contributed by atoms with Gasteiger partial charge in [0.1, 0.15) is 12.4 Å². The Hall–Kier alpha value is -2.68. The van der Waals surface area contributed by atoms with Gasteiger partial charge in [0.05, 0.1) is 11.2 Å². The van der Waals surface area contributed by atoms with Crippen molar-refractivity contribution in [2.24, 2.45) is 0 Å². The first kappa shape index (κ1) is 20.6. The molecular weight excluding hydrogens is 400 g/mol. The molecule has 0 radical (unpaired) electrons. The topological polar surface area (TPSA) is 41.4 Å². The highest BCUT2D eigenvalue weighted by Gasteiger charge is 2.46. The van der Waals surface area contributed by atoms with E-state index in [1.54, 1.807) is 23.1 Å². The number of anilines is 1. The van der Waals surface area contributed by atoms with Gasteiger partial charge in [-0.25, -0.2) is 4.39 Å². The molecule has 1 aromatic carbocycles. The first-order chi connectivity index (χ1) is 14.2. The van der Waals surface area contributed by atoms with E-state index in [2.05, 4.69) is 10.00 Å². The summed E-state index contributed by atoms with van der Waals surface area (Å²) < 4.78 is 53.1. The highest BCUT2D eigenvalue weighted by Crippen LogP contribution is 2.40. The maximum absolute atomic E-state index is 13.8. The Morgan fingerprint density at radius 1 is 1.27 bits per heavy atom. The fraction of sp³-hybridized carbons (Fsp3) is 0.429. The van der Waals surface area contributed by atoms with Crippen LogP contribution in [0.15, 0.2) is 48.7 Å². The molecule has 0 aliphatic carbocycles. The molecule has 4 rings (SSSR count). The fourth-order valence-electron chi connectivity index (χ4n) is 4.50. The number of carbonyl (C=O) groups is 1. The Morgan fingerprint density at radius 2 is 2.07 bits per heavy atom. The maximum atomic E-state index is 13.8. The molecule has 0 bridgehead atoms. The van der Waals surface area contributed by atoms with E-state index < -0.39 is 24.1 Å². The van der Waals surface area contributed by atoms with Gasteiger partial charge < -0.3 is 0 Å². The lowest BCUT2D eigenvalue weighted by atomic mass is 9.83. The lowest BCUT2D eigenvalue weighted by Gasteiger charge is -2.47. The van der Waals surface area contributed by atoms with Crippen molar-refractivity contribution < 1.29 is 22.4 Å². The van der Waals surface area contributed by atoms with E-state index in [-0.39, 0.29) is 11.9 Å². The van der Waals surface area contributed by atoms with Gasteiger partial charge in [-0.1, -0.05) is 12.1 Å². The largest absolute Gasteiger partial charge is 0.408 e. The van der Waals surface area contributed by atoms with E-state index >= 15 is 0 Å². The Morgan fingerprint density at radius 3 is 2.77 bits per heavy atom. The van der Waals surface area contributed by atoms with E-state index in [0.717, 1.165) is 4.68 Å². The van der Waals surface area contributed by atoms with Crippen LogP contribution >= 0.6 is 0 Å². The summed E-state index contributed by atoms with van der Waals surface area (Å²) in [4.78, 5) is 16.3. The Balaban J connectivity index is 1.51. The van der Waals surface area contributed by atoms with Crippen LogP contribution in [0.1, 0.15) is 25.5 Å². The molecule has 2 atom stereocenters. The summed E-state index contributed by atoms with van der Waals surface area (Å²) in [5.41, 5.74) is 0.441. The molecule has 2 aliphatic heterocycles. The number of carbonyl (C=O) groups excluding carboxylic acids is 1. The predicted molar refractivity (Wildman–Crippen MR) is 103 cm³/mol. The zero-order valence-corrected chi connectivity index (χ0v) is 16.4. The normalized spacial score (nSPS) is 24.9. The van der Waals surface area contributed by atoms with Crippen molar-refractivity contribution in [3.8, 4) is 0 Å². The van der Waals surface area contributed by atoms with E-state index in [1.165, 1.54) is 24.4 Å². The zero-order chi connectivity index (χ0) is 21.5. The van der Waals surface area contributed by atoms with Gasteiger partial charge in [-0.2, -0.15) is 18.3 Å². The van der Waals surface area contributed by atoms with Gasteiger partial charge in [0.2, 0.25) is 0 Å². The number of nitrogens with zero attached hydrogens (tertiary/aromatic N) is 4. The second-order valence-electron chi connectivity index (χ2n) is 7.96. The third-order valence-corrected chi connectivity index (χ3v) is 5.87. The minimum absolute atomic E-state index is 0.000374. The number of likely N-dealkylation sites (tertiary alicyclic amines) is 1. The third kappa shape index (κ3) is 3.98. The first-order valence-electron chi connectivity index (χ1n) is 9.77. The molecule has 5 nitrogen and oxygen atoms in total. The number of aromatic nitrogens is 2. The van der Waals surface area contributed by atoms with Crippen molar-refractivity contribution in [2.75, 3.05) is 11.4 Å². The van der Waals surface area contributed by atoms with Crippen LogP contribution in [0.5, 0.6) is 0 Å². The quantitative estimate of drug-likeness (QED) is 0.702. The van der Waals surface area contributed by atoms with Crippen LogP contribution in [-0.4, -0.2) is 44.9 Å². The van der Waals surface area contributed by atoms with Crippen molar-refractivity contribution in [3.63, 3.8) is 0 Å². The molecule has 1 saturated heterocycles. The van der Waals surface area contributed by atoms with E-state index in [1.807, 2.05) is 13.0 Å². The summed E-state index contributed by atoms with van der Waals surface area (Å²) >= 11 is 0. The van der Waals surface area contributed by atoms with Gasteiger partial charge in [-0.05, 0) is 44.0 Å². The van der Waals surface area contributed by atoms with Crippen molar-refractivity contribution >= 4 is 11.6 Å². The summed E-state index contributed by atoms with van der Waals surface area (Å²) in [5.74, 6) is -0.602. The van der Waals surface area contributed by atoms with Crippen molar-refractivity contribution in [3.05, 3.63) is 60.2 Å². The van der Waals surface area contributed by atoms with Crippen LogP contribution in [-0.2, 0) is 17.9 Å². The molecular formula is C21H22F4N4O. The number of hydrogen-bond donors (Lipinski definition) is 0. The van der Waals surface area contributed by atoms with Gasteiger partial charge in [0.25, 0.3) is 5.91 Å². The molecule has 1 fully saturated rings. The Labute approximate surface area is 171 Å². The van der Waals surface area contributed by atoms with Crippen LogP contribution < -0.4 is 4.90 Å². The molecule has 3 heterocycles. The molecule has 1 amide bonds. The number of benzene rings is 1. The van der Waals surface area contributed by atoms with Gasteiger partial charge >= 0.3 is 6.18 Å².